The van der Waals surface area contributed by atoms with Crippen molar-refractivity contribution in [2.24, 2.45) is 0 Å². The zero-order valence-corrected chi connectivity index (χ0v) is 10.7. The van der Waals surface area contributed by atoms with Gasteiger partial charge in [-0.05, 0) is 25.5 Å². The van der Waals surface area contributed by atoms with Crippen LogP contribution in [0.2, 0.25) is 0 Å². The Morgan fingerprint density at radius 2 is 1.95 bits per heavy atom. The Hall–Kier alpha value is -1.98. The molecule has 1 aliphatic heterocycles. The maximum absolute atomic E-state index is 13.9. The van der Waals surface area contributed by atoms with Gasteiger partial charge in [0.2, 0.25) is 11.8 Å². The Kier molecular flexibility index (Phi) is 3.50. The number of rotatable bonds is 1. The molecule has 6 heteroatoms. The smallest absolute Gasteiger partial charge is 0.249 e. The van der Waals surface area contributed by atoms with E-state index in [2.05, 4.69) is 5.32 Å². The van der Waals surface area contributed by atoms with Gasteiger partial charge < -0.3 is 10.2 Å². The molecule has 0 saturated carbocycles. The van der Waals surface area contributed by atoms with Crippen LogP contribution in [-0.2, 0) is 9.59 Å². The third kappa shape index (κ3) is 2.57. The number of anilines is 1. The van der Waals surface area contributed by atoms with Gasteiger partial charge in [-0.2, -0.15) is 0 Å². The van der Waals surface area contributed by atoms with Crippen molar-refractivity contribution in [3.63, 3.8) is 0 Å². The second kappa shape index (κ2) is 4.95. The van der Waals surface area contributed by atoms with Gasteiger partial charge in [0.1, 0.15) is 17.7 Å². The largest absolute Gasteiger partial charge is 0.345 e. The Labute approximate surface area is 109 Å². The average molecular weight is 268 g/mol. The van der Waals surface area contributed by atoms with Gasteiger partial charge in [0.05, 0.1) is 5.69 Å². The van der Waals surface area contributed by atoms with Crippen LogP contribution in [0.25, 0.3) is 0 Å². The summed E-state index contributed by atoms with van der Waals surface area (Å²) in [5, 5.41) is 2.49. The molecule has 1 fully saturated rings. The number of hydrogen-bond acceptors (Lipinski definition) is 2. The number of benzene rings is 1. The lowest BCUT2D eigenvalue weighted by Gasteiger charge is -2.23. The molecule has 2 amide bonds. The average Bonchev–Trinajstić information content (AvgIpc) is 2.45. The summed E-state index contributed by atoms with van der Waals surface area (Å²) in [4.78, 5) is 24.5. The molecule has 1 aromatic carbocycles. The lowest BCUT2D eigenvalue weighted by molar-refractivity contribution is -0.125. The SMILES string of the molecule is Cc1cc(F)c(N2CCC(=O)NC(C)C2=O)cc1F. The van der Waals surface area contributed by atoms with Crippen molar-refractivity contribution in [3.8, 4) is 0 Å². The topological polar surface area (TPSA) is 49.4 Å². The van der Waals surface area contributed by atoms with Crippen molar-refractivity contribution in [1.29, 1.82) is 0 Å². The lowest BCUT2D eigenvalue weighted by Crippen LogP contribution is -2.43. The van der Waals surface area contributed by atoms with E-state index < -0.39 is 23.6 Å². The van der Waals surface area contributed by atoms with E-state index >= 15 is 0 Å². The van der Waals surface area contributed by atoms with E-state index in [1.807, 2.05) is 0 Å². The molecule has 0 spiro atoms. The highest BCUT2D eigenvalue weighted by Crippen LogP contribution is 2.24. The predicted octanol–water partition coefficient (Wildman–Crippen LogP) is 1.51. The molecule has 0 aromatic heterocycles. The maximum atomic E-state index is 13.9. The van der Waals surface area contributed by atoms with E-state index in [-0.39, 0.29) is 30.1 Å². The van der Waals surface area contributed by atoms with Crippen LogP contribution in [0.1, 0.15) is 18.9 Å². The molecule has 102 valence electrons. The minimum absolute atomic E-state index is 0.0361. The van der Waals surface area contributed by atoms with Gasteiger partial charge in [-0.15, -0.1) is 0 Å². The summed E-state index contributed by atoms with van der Waals surface area (Å²) in [6, 6.07) is 1.28. The van der Waals surface area contributed by atoms with Crippen molar-refractivity contribution < 1.29 is 18.4 Å². The van der Waals surface area contributed by atoms with Crippen molar-refractivity contribution in [1.82, 2.24) is 5.32 Å². The number of nitrogens with zero attached hydrogens (tertiary/aromatic N) is 1. The quantitative estimate of drug-likeness (QED) is 0.839. The second-order valence-corrected chi connectivity index (χ2v) is 4.58. The van der Waals surface area contributed by atoms with Crippen LogP contribution < -0.4 is 10.2 Å². The molecule has 0 aliphatic carbocycles. The zero-order chi connectivity index (χ0) is 14.2. The third-order valence-electron chi connectivity index (χ3n) is 3.10. The van der Waals surface area contributed by atoms with Crippen LogP contribution in [0.3, 0.4) is 0 Å². The fraction of sp³-hybridized carbons (Fsp3) is 0.385. The highest BCUT2D eigenvalue weighted by Gasteiger charge is 2.29. The standard InChI is InChI=1S/C13H14F2N2O2/c1-7-5-10(15)11(6-9(7)14)17-4-3-12(18)16-8(2)13(17)19/h5-6,8H,3-4H2,1-2H3,(H,16,18). The molecular weight excluding hydrogens is 254 g/mol. The first-order chi connectivity index (χ1) is 8.90. The molecule has 1 aromatic rings. The van der Waals surface area contributed by atoms with Gasteiger partial charge in [-0.3, -0.25) is 9.59 Å². The van der Waals surface area contributed by atoms with Crippen LogP contribution in [0, 0.1) is 18.6 Å². The van der Waals surface area contributed by atoms with E-state index in [0.29, 0.717) is 0 Å². The molecule has 0 bridgehead atoms. The van der Waals surface area contributed by atoms with E-state index in [0.717, 1.165) is 17.0 Å². The molecule has 1 atom stereocenters. The van der Waals surface area contributed by atoms with Gasteiger partial charge in [0.25, 0.3) is 0 Å². The summed E-state index contributed by atoms with van der Waals surface area (Å²) < 4.78 is 27.4. The molecule has 19 heavy (non-hydrogen) atoms. The molecule has 1 unspecified atom stereocenters. The van der Waals surface area contributed by atoms with Crippen LogP contribution in [0.5, 0.6) is 0 Å². The van der Waals surface area contributed by atoms with Gasteiger partial charge >= 0.3 is 0 Å². The minimum Gasteiger partial charge on any atom is -0.345 e. The van der Waals surface area contributed by atoms with Gasteiger partial charge in [0, 0.05) is 19.0 Å². The molecular formula is C13H14F2N2O2. The van der Waals surface area contributed by atoms with Gasteiger partial charge in [0.15, 0.2) is 0 Å². The van der Waals surface area contributed by atoms with Crippen LogP contribution in [0.15, 0.2) is 12.1 Å². The van der Waals surface area contributed by atoms with E-state index in [1.54, 1.807) is 0 Å². The number of hydrogen-bond donors (Lipinski definition) is 1. The monoisotopic (exact) mass is 268 g/mol. The summed E-state index contributed by atoms with van der Waals surface area (Å²) in [5.41, 5.74) is 0.0437. The number of aryl methyl sites for hydroxylation is 1. The van der Waals surface area contributed by atoms with Crippen molar-refractivity contribution in [2.45, 2.75) is 26.3 Å². The predicted molar refractivity (Wildman–Crippen MR) is 65.7 cm³/mol. The number of carbonyl (C=O) groups is 2. The molecule has 4 nitrogen and oxygen atoms in total. The summed E-state index contributed by atoms with van der Waals surface area (Å²) in [5.74, 6) is -1.99. The summed E-state index contributed by atoms with van der Waals surface area (Å²) >= 11 is 0. The molecule has 1 heterocycles. The van der Waals surface area contributed by atoms with Crippen molar-refractivity contribution in [3.05, 3.63) is 29.3 Å². The first-order valence-electron chi connectivity index (χ1n) is 5.96. The van der Waals surface area contributed by atoms with Crippen LogP contribution >= 0.6 is 0 Å². The fourth-order valence-corrected chi connectivity index (χ4v) is 2.01. The second-order valence-electron chi connectivity index (χ2n) is 4.58. The van der Waals surface area contributed by atoms with E-state index in [9.17, 15) is 18.4 Å². The first kappa shape index (κ1) is 13.5. The van der Waals surface area contributed by atoms with E-state index in [1.165, 1.54) is 13.8 Å². The normalized spacial score (nSPS) is 20.2. The summed E-state index contributed by atoms with van der Waals surface area (Å²) in [7, 11) is 0. The minimum atomic E-state index is -0.751. The molecule has 1 aliphatic rings. The van der Waals surface area contributed by atoms with Crippen LogP contribution in [0.4, 0.5) is 14.5 Å². The summed E-state index contributed by atoms with van der Waals surface area (Å²) in [6.07, 6.45) is 0.0605. The van der Waals surface area contributed by atoms with Crippen molar-refractivity contribution >= 4 is 17.5 Å². The number of carbonyl (C=O) groups excluding carboxylic acids is 2. The van der Waals surface area contributed by atoms with Gasteiger partial charge in [-0.25, -0.2) is 8.78 Å². The lowest BCUT2D eigenvalue weighted by atomic mass is 10.1. The Balaban J connectivity index is 2.42. The summed E-state index contributed by atoms with van der Waals surface area (Å²) in [6.45, 7) is 3.00. The Bertz CT molecular complexity index is 546. The van der Waals surface area contributed by atoms with E-state index in [4.69, 9.17) is 0 Å². The highest BCUT2D eigenvalue weighted by molar-refractivity contribution is 6.01. The van der Waals surface area contributed by atoms with Crippen molar-refractivity contribution in [2.75, 3.05) is 11.4 Å². The third-order valence-corrected chi connectivity index (χ3v) is 3.10. The first-order valence-corrected chi connectivity index (χ1v) is 5.96. The highest BCUT2D eigenvalue weighted by atomic mass is 19.1. The Morgan fingerprint density at radius 1 is 1.26 bits per heavy atom. The molecule has 1 N–H and O–H groups in total. The van der Waals surface area contributed by atoms with Crippen LogP contribution in [-0.4, -0.2) is 24.4 Å². The zero-order valence-electron chi connectivity index (χ0n) is 10.7. The molecule has 2 rings (SSSR count). The fourth-order valence-electron chi connectivity index (χ4n) is 2.01. The number of halogens is 2. The molecule has 0 radical (unpaired) electrons. The van der Waals surface area contributed by atoms with Gasteiger partial charge in [-0.1, -0.05) is 0 Å². The number of nitrogens with one attached hydrogen (secondary N) is 1. The number of amides is 2. The maximum Gasteiger partial charge on any atom is 0.249 e. The molecule has 1 saturated heterocycles. The Morgan fingerprint density at radius 3 is 2.63 bits per heavy atom.